The largest absolute Gasteiger partial charge is 0.379 e. The van der Waals surface area contributed by atoms with Crippen LogP contribution >= 0.6 is 0 Å². The smallest absolute Gasteiger partial charge is 0.191 e. The van der Waals surface area contributed by atoms with Crippen LogP contribution in [0.2, 0.25) is 0 Å². The summed E-state index contributed by atoms with van der Waals surface area (Å²) in [6.45, 7) is 6.90. The third-order valence-electron chi connectivity index (χ3n) is 4.82. The molecular formula is C19H29N7O. The molecule has 0 bridgehead atoms. The summed E-state index contributed by atoms with van der Waals surface area (Å²) in [6, 6.07) is 8.98. The molecule has 2 heterocycles. The van der Waals surface area contributed by atoms with Crippen molar-refractivity contribution in [3.63, 3.8) is 0 Å². The maximum atomic E-state index is 5.53. The summed E-state index contributed by atoms with van der Waals surface area (Å²) in [6.07, 6.45) is 1.55. The Morgan fingerprint density at radius 1 is 1.30 bits per heavy atom. The fourth-order valence-electron chi connectivity index (χ4n) is 3.28. The van der Waals surface area contributed by atoms with E-state index < -0.39 is 0 Å². The Hall–Kier alpha value is -2.45. The number of rotatable bonds is 6. The molecule has 1 aliphatic heterocycles. The van der Waals surface area contributed by atoms with E-state index in [9.17, 15) is 0 Å². The number of aromatic nitrogens is 3. The Morgan fingerprint density at radius 3 is 2.78 bits per heavy atom. The molecule has 1 aromatic carbocycles. The minimum Gasteiger partial charge on any atom is -0.379 e. The van der Waals surface area contributed by atoms with Crippen LogP contribution in [0.15, 0.2) is 35.6 Å². The number of aliphatic imine (C=N–C) groups is 1. The Bertz CT molecular complexity index is 752. The molecule has 0 aliphatic carbocycles. The van der Waals surface area contributed by atoms with Gasteiger partial charge in [0, 0.05) is 33.7 Å². The van der Waals surface area contributed by atoms with Crippen molar-refractivity contribution in [3.8, 4) is 0 Å². The van der Waals surface area contributed by atoms with E-state index in [1.54, 1.807) is 18.1 Å². The first kappa shape index (κ1) is 19.3. The normalized spacial score (nSPS) is 16.9. The third-order valence-corrected chi connectivity index (χ3v) is 4.82. The lowest BCUT2D eigenvalue weighted by atomic mass is 10.0. The Morgan fingerprint density at radius 2 is 2.11 bits per heavy atom. The highest BCUT2D eigenvalue weighted by molar-refractivity contribution is 5.79. The van der Waals surface area contributed by atoms with Crippen LogP contribution in [0, 0.1) is 6.92 Å². The van der Waals surface area contributed by atoms with Gasteiger partial charge in [0.05, 0.1) is 25.8 Å². The number of hydrogen-bond acceptors (Lipinski definition) is 5. The molecule has 1 atom stereocenters. The number of ether oxygens (including phenoxy) is 1. The van der Waals surface area contributed by atoms with E-state index in [1.807, 2.05) is 7.05 Å². The number of benzene rings is 1. The Labute approximate surface area is 160 Å². The maximum absolute atomic E-state index is 5.53. The first-order valence-electron chi connectivity index (χ1n) is 9.33. The van der Waals surface area contributed by atoms with Crippen LogP contribution in [0.5, 0.6) is 0 Å². The number of nitrogens with zero attached hydrogens (tertiary/aromatic N) is 5. The van der Waals surface area contributed by atoms with Gasteiger partial charge in [-0.25, -0.2) is 4.98 Å². The number of hydrogen-bond donors (Lipinski definition) is 2. The fourth-order valence-corrected chi connectivity index (χ4v) is 3.28. The molecule has 1 aromatic heterocycles. The number of nitrogens with one attached hydrogen (secondary N) is 2. The molecule has 2 aromatic rings. The zero-order valence-electron chi connectivity index (χ0n) is 16.4. The van der Waals surface area contributed by atoms with E-state index >= 15 is 0 Å². The van der Waals surface area contributed by atoms with Gasteiger partial charge in [0.2, 0.25) is 0 Å². The summed E-state index contributed by atoms with van der Waals surface area (Å²) in [5.41, 5.74) is 2.59. The zero-order chi connectivity index (χ0) is 19.1. The molecule has 1 aliphatic rings. The quantitative estimate of drug-likeness (QED) is 0.579. The predicted octanol–water partition coefficient (Wildman–Crippen LogP) is 0.862. The van der Waals surface area contributed by atoms with Gasteiger partial charge in [-0.1, -0.05) is 29.8 Å². The molecule has 146 valence electrons. The van der Waals surface area contributed by atoms with Crippen molar-refractivity contribution in [2.45, 2.75) is 19.5 Å². The second-order valence-electron chi connectivity index (χ2n) is 6.68. The first-order chi connectivity index (χ1) is 13.2. The predicted molar refractivity (Wildman–Crippen MR) is 106 cm³/mol. The molecule has 3 rings (SSSR count). The topological polar surface area (TPSA) is 79.6 Å². The van der Waals surface area contributed by atoms with E-state index in [0.717, 1.165) is 44.6 Å². The minimum absolute atomic E-state index is 0.266. The van der Waals surface area contributed by atoms with Crippen molar-refractivity contribution in [2.24, 2.45) is 12.0 Å². The van der Waals surface area contributed by atoms with Crippen molar-refractivity contribution in [1.82, 2.24) is 30.3 Å². The van der Waals surface area contributed by atoms with Gasteiger partial charge in [-0.05, 0) is 12.5 Å². The minimum atomic E-state index is 0.266. The van der Waals surface area contributed by atoms with Crippen molar-refractivity contribution in [2.75, 3.05) is 39.9 Å². The summed E-state index contributed by atoms with van der Waals surface area (Å²) in [4.78, 5) is 11.0. The van der Waals surface area contributed by atoms with Crippen molar-refractivity contribution in [1.29, 1.82) is 0 Å². The van der Waals surface area contributed by atoms with Crippen molar-refractivity contribution in [3.05, 3.63) is 47.5 Å². The van der Waals surface area contributed by atoms with Crippen LogP contribution in [0.25, 0.3) is 0 Å². The first-order valence-corrected chi connectivity index (χ1v) is 9.33. The average Bonchev–Trinajstić information content (AvgIpc) is 3.10. The molecule has 2 N–H and O–H groups in total. The summed E-state index contributed by atoms with van der Waals surface area (Å²) >= 11 is 0. The molecule has 1 unspecified atom stereocenters. The second-order valence-corrected chi connectivity index (χ2v) is 6.68. The standard InChI is InChI=1S/C19H29N7O/c1-15-5-4-6-16(11-15)17(26-7-9-27-10-8-26)12-21-19(20-2)22-13-18-23-14-24-25(18)3/h4-6,11,14,17H,7-10,12-13H2,1-3H3,(H2,20,21,22). The fraction of sp³-hybridized carbons (Fsp3) is 0.526. The molecule has 0 radical (unpaired) electrons. The van der Waals surface area contributed by atoms with Crippen LogP contribution < -0.4 is 10.6 Å². The van der Waals surface area contributed by atoms with E-state index in [1.165, 1.54) is 11.1 Å². The van der Waals surface area contributed by atoms with Gasteiger partial charge in [0.1, 0.15) is 12.2 Å². The van der Waals surface area contributed by atoms with Gasteiger partial charge in [-0.15, -0.1) is 0 Å². The summed E-state index contributed by atoms with van der Waals surface area (Å²) in [7, 11) is 3.66. The molecule has 1 saturated heterocycles. The highest BCUT2D eigenvalue weighted by Crippen LogP contribution is 2.22. The summed E-state index contributed by atoms with van der Waals surface area (Å²) in [5, 5.41) is 10.9. The monoisotopic (exact) mass is 371 g/mol. The Balaban J connectivity index is 1.64. The lowest BCUT2D eigenvalue weighted by Crippen LogP contribution is -2.46. The van der Waals surface area contributed by atoms with Crippen LogP contribution in [0.1, 0.15) is 23.0 Å². The van der Waals surface area contributed by atoms with Crippen molar-refractivity contribution < 1.29 is 4.74 Å². The Kier molecular flexibility index (Phi) is 6.78. The summed E-state index contributed by atoms with van der Waals surface area (Å²) < 4.78 is 7.29. The van der Waals surface area contributed by atoms with Gasteiger partial charge < -0.3 is 15.4 Å². The highest BCUT2D eigenvalue weighted by atomic mass is 16.5. The highest BCUT2D eigenvalue weighted by Gasteiger charge is 2.23. The van der Waals surface area contributed by atoms with Gasteiger partial charge in [-0.3, -0.25) is 14.6 Å². The van der Waals surface area contributed by atoms with Gasteiger partial charge in [0.15, 0.2) is 5.96 Å². The van der Waals surface area contributed by atoms with Gasteiger partial charge >= 0.3 is 0 Å². The molecular weight excluding hydrogens is 342 g/mol. The van der Waals surface area contributed by atoms with Crippen LogP contribution in [0.3, 0.4) is 0 Å². The average molecular weight is 371 g/mol. The van der Waals surface area contributed by atoms with E-state index in [2.05, 4.69) is 61.8 Å². The lowest BCUT2D eigenvalue weighted by molar-refractivity contribution is 0.0170. The molecule has 1 fully saturated rings. The summed E-state index contributed by atoms with van der Waals surface area (Å²) in [5.74, 6) is 1.62. The molecule has 8 heteroatoms. The zero-order valence-corrected chi connectivity index (χ0v) is 16.4. The van der Waals surface area contributed by atoms with Crippen molar-refractivity contribution >= 4 is 5.96 Å². The van der Waals surface area contributed by atoms with Crippen LogP contribution in [-0.4, -0.2) is 65.5 Å². The van der Waals surface area contributed by atoms with Crippen LogP contribution in [0.4, 0.5) is 0 Å². The second kappa shape index (κ2) is 9.48. The third kappa shape index (κ3) is 5.27. The van der Waals surface area contributed by atoms with Gasteiger partial charge in [-0.2, -0.15) is 5.10 Å². The number of aryl methyl sites for hydroxylation is 2. The molecule has 8 nitrogen and oxygen atoms in total. The maximum Gasteiger partial charge on any atom is 0.191 e. The van der Waals surface area contributed by atoms with E-state index in [4.69, 9.17) is 4.74 Å². The molecule has 27 heavy (non-hydrogen) atoms. The van der Waals surface area contributed by atoms with E-state index in [-0.39, 0.29) is 6.04 Å². The van der Waals surface area contributed by atoms with E-state index in [0.29, 0.717) is 6.54 Å². The molecule has 0 amide bonds. The SMILES string of the molecule is CN=C(NCc1ncnn1C)NCC(c1cccc(C)c1)N1CCOCC1. The number of morpholine rings is 1. The molecule has 0 saturated carbocycles. The lowest BCUT2D eigenvalue weighted by Gasteiger charge is -2.35. The van der Waals surface area contributed by atoms with Crippen LogP contribution in [-0.2, 0) is 18.3 Å². The van der Waals surface area contributed by atoms with Gasteiger partial charge in [0.25, 0.3) is 0 Å². The number of guanidine groups is 1. The molecule has 0 spiro atoms.